The zero-order valence-corrected chi connectivity index (χ0v) is 40.5. The summed E-state index contributed by atoms with van der Waals surface area (Å²) in [6.45, 7) is -12.0. The smallest absolute Gasteiger partial charge is 0.341 e. The highest BCUT2D eigenvalue weighted by molar-refractivity contribution is 5.95. The molecule has 30 nitrogen and oxygen atoms in total. The molecule has 0 aliphatic heterocycles. The molecule has 10 N–H and O–H groups in total. The van der Waals surface area contributed by atoms with E-state index >= 15 is 0 Å². The molecule has 0 atom stereocenters. The second kappa shape index (κ2) is 25.6. The minimum Gasteiger partial charge on any atom is -0.481 e. The standard InChI is InChI=1S/C50H40O30/c51-41(52)11-71-31-1-21-22-2-34(74-14-44(57)58)25(5-33(22)73-13-43(55)56)27-7-38(78-18-48(65)66)29(9-37(27)77-17-47(63)64)30-10-39(79-19-49(67)68)28(8-40(30)80-20-50(69)70)26-6-35(75-15-45(59)60)24(4-36(26)76-16-46(61)62)23(31)3-32(21)72-12-42(53)54/h1-10H,11-20H2,(H,51,52)(H,53,54)(H,55,56)(H,57,58)(H,59,60)(H,61,62)(H,63,64)(H,65,66)(H,67,68)(H,69,70). The van der Waals surface area contributed by atoms with Crippen molar-refractivity contribution in [1.82, 2.24) is 0 Å². The van der Waals surface area contributed by atoms with Crippen LogP contribution >= 0.6 is 0 Å². The highest BCUT2D eigenvalue weighted by Crippen LogP contribution is 2.55. The molecule has 80 heavy (non-hydrogen) atoms. The molecule has 0 heterocycles. The maximum absolute atomic E-state index is 12.2. The lowest BCUT2D eigenvalue weighted by Gasteiger charge is -2.25. The van der Waals surface area contributed by atoms with Crippen molar-refractivity contribution in [3.63, 3.8) is 0 Å². The van der Waals surface area contributed by atoms with E-state index in [-0.39, 0.29) is 55.6 Å². The lowest BCUT2D eigenvalue weighted by atomic mass is 9.90. The fraction of sp³-hybridized carbons (Fsp3) is 0.200. The van der Waals surface area contributed by atoms with E-state index in [4.69, 9.17) is 47.4 Å². The van der Waals surface area contributed by atoms with Crippen LogP contribution in [0.1, 0.15) is 0 Å². The average molecular weight is 1120 g/mol. The zero-order chi connectivity index (χ0) is 58.5. The van der Waals surface area contributed by atoms with E-state index in [0.717, 1.165) is 60.7 Å². The van der Waals surface area contributed by atoms with Crippen LogP contribution in [0.4, 0.5) is 0 Å². The van der Waals surface area contributed by atoms with Gasteiger partial charge in [0.05, 0.1) is 0 Å². The van der Waals surface area contributed by atoms with Gasteiger partial charge in [-0.05, 0) is 60.7 Å². The first-order valence-electron chi connectivity index (χ1n) is 22.3. The summed E-state index contributed by atoms with van der Waals surface area (Å²) >= 11 is 0. The van der Waals surface area contributed by atoms with Gasteiger partial charge in [0.25, 0.3) is 0 Å². The van der Waals surface area contributed by atoms with E-state index in [9.17, 15) is 99.0 Å². The highest BCUT2D eigenvalue weighted by atomic mass is 16.5. The van der Waals surface area contributed by atoms with Crippen LogP contribution < -0.4 is 47.4 Å². The average Bonchev–Trinajstić information content (AvgIpc) is 3.39. The number of hydrogen-bond donors (Lipinski definition) is 10. The van der Waals surface area contributed by atoms with Gasteiger partial charge in [0.1, 0.15) is 57.5 Å². The van der Waals surface area contributed by atoms with Gasteiger partial charge in [-0.3, -0.25) is 0 Å². The molecular weight excluding hydrogens is 1080 g/mol. The van der Waals surface area contributed by atoms with E-state index in [1.807, 2.05) is 0 Å². The minimum absolute atomic E-state index is 0.388. The van der Waals surface area contributed by atoms with Crippen LogP contribution in [0.3, 0.4) is 0 Å². The van der Waals surface area contributed by atoms with Crippen molar-refractivity contribution in [2.24, 2.45) is 0 Å². The van der Waals surface area contributed by atoms with Crippen molar-refractivity contribution < 1.29 is 146 Å². The maximum atomic E-state index is 12.2. The van der Waals surface area contributed by atoms with Crippen molar-refractivity contribution in [3.8, 4) is 113 Å². The molecule has 13 aliphatic rings. The van der Waals surface area contributed by atoms with Crippen LogP contribution in [0.2, 0.25) is 0 Å². The van der Waals surface area contributed by atoms with Gasteiger partial charge >= 0.3 is 59.7 Å². The molecule has 30 heteroatoms. The molecule has 10 bridgehead atoms. The van der Waals surface area contributed by atoms with Gasteiger partial charge in [-0.2, -0.15) is 0 Å². The molecule has 0 radical (unpaired) electrons. The lowest BCUT2D eigenvalue weighted by Crippen LogP contribution is -2.15. The van der Waals surface area contributed by atoms with Gasteiger partial charge in [-0.25, -0.2) is 47.9 Å². The Morgan fingerprint density at radius 3 is 0.325 bits per heavy atom. The van der Waals surface area contributed by atoms with Crippen molar-refractivity contribution in [1.29, 1.82) is 0 Å². The van der Waals surface area contributed by atoms with Gasteiger partial charge < -0.3 is 98.4 Å². The normalized spacial score (nSPS) is 10.8. The number of carboxylic acid groups (broad SMARTS) is 10. The summed E-state index contributed by atoms with van der Waals surface area (Å²) in [5, 5.41) is 98.7. The molecule has 18 rings (SSSR count). The van der Waals surface area contributed by atoms with Crippen LogP contribution in [0.25, 0.3) is 55.6 Å². The van der Waals surface area contributed by atoms with Crippen molar-refractivity contribution in [2.75, 3.05) is 66.1 Å². The number of rotatable bonds is 30. The van der Waals surface area contributed by atoms with Gasteiger partial charge in [0.15, 0.2) is 66.1 Å². The highest BCUT2D eigenvalue weighted by Gasteiger charge is 2.31. The molecule has 0 amide bonds. The molecule has 0 unspecified atom stereocenters. The first-order valence-corrected chi connectivity index (χ1v) is 22.3. The van der Waals surface area contributed by atoms with Crippen LogP contribution in [-0.2, 0) is 47.9 Å². The van der Waals surface area contributed by atoms with Gasteiger partial charge in [-0.15, -0.1) is 0 Å². The Balaban J connectivity index is 2.00. The number of carbonyl (C=O) groups is 10. The molecule has 0 saturated heterocycles. The maximum Gasteiger partial charge on any atom is 0.341 e. The Labute approximate surface area is 445 Å². The number of hydrogen-bond acceptors (Lipinski definition) is 20. The van der Waals surface area contributed by atoms with E-state index < -0.39 is 183 Å². The molecular formula is C50H40O30. The predicted molar refractivity (Wildman–Crippen MR) is 258 cm³/mol. The third-order valence-corrected chi connectivity index (χ3v) is 10.4. The number of carboxylic acids is 10. The van der Waals surface area contributed by atoms with Crippen LogP contribution in [0, 0.1) is 0 Å². The third kappa shape index (κ3) is 15.0. The molecule has 0 spiro atoms. The number of aliphatic carboxylic acids is 10. The molecule has 420 valence electrons. The summed E-state index contributed by atoms with van der Waals surface area (Å²) in [5.41, 5.74) is -3.88. The molecule has 0 aromatic heterocycles. The first kappa shape index (κ1) is 58.1. The van der Waals surface area contributed by atoms with Crippen LogP contribution in [0.15, 0.2) is 60.7 Å². The van der Waals surface area contributed by atoms with Crippen LogP contribution in [0.5, 0.6) is 57.5 Å². The van der Waals surface area contributed by atoms with Crippen LogP contribution in [-0.4, -0.2) is 177 Å². The Kier molecular flexibility index (Phi) is 18.6. The molecule has 0 fully saturated rings. The Morgan fingerprint density at radius 2 is 0.263 bits per heavy atom. The summed E-state index contributed by atoms with van der Waals surface area (Å²) in [6, 6.07) is 9.73. The van der Waals surface area contributed by atoms with Crippen molar-refractivity contribution in [3.05, 3.63) is 60.7 Å². The van der Waals surface area contributed by atoms with E-state index in [1.165, 1.54) is 0 Å². The summed E-state index contributed by atoms with van der Waals surface area (Å²) in [7, 11) is 0. The fourth-order valence-electron chi connectivity index (χ4n) is 7.49. The summed E-state index contributed by atoms with van der Waals surface area (Å²) in [6.07, 6.45) is 0. The largest absolute Gasteiger partial charge is 0.481 e. The predicted octanol–water partition coefficient (Wildman–Crippen LogP) is 2.97. The van der Waals surface area contributed by atoms with Crippen molar-refractivity contribution >= 4 is 59.7 Å². The fourth-order valence-corrected chi connectivity index (χ4v) is 7.49. The van der Waals surface area contributed by atoms with E-state index in [0.29, 0.717) is 0 Å². The van der Waals surface area contributed by atoms with E-state index in [1.54, 1.807) is 0 Å². The molecule has 5 aromatic carbocycles. The minimum atomic E-state index is -1.62. The monoisotopic (exact) mass is 1120 g/mol. The van der Waals surface area contributed by atoms with Gasteiger partial charge in [-0.1, -0.05) is 0 Å². The zero-order valence-electron chi connectivity index (χ0n) is 40.5. The number of ether oxygens (including phenoxy) is 10. The Bertz CT molecular complexity index is 2610. The molecule has 13 aliphatic carbocycles. The second-order valence-corrected chi connectivity index (χ2v) is 16.0. The number of benzene rings is 5. The van der Waals surface area contributed by atoms with Crippen molar-refractivity contribution in [2.45, 2.75) is 0 Å². The second-order valence-electron chi connectivity index (χ2n) is 16.0. The molecule has 5 aromatic rings. The Morgan fingerprint density at radius 1 is 0.188 bits per heavy atom. The first-order chi connectivity index (χ1) is 37.9. The SMILES string of the molecule is O=C(O)COc1cc2c(OCC(=O)O)cc1-c1cc(OCC(=O)O)c(cc1OCC(=O)O)-c1cc(OCC(=O)O)c(cc1OCC(=O)O)-c1cc(OCC(=O)O)c(cc1OCC(=O)O)-c1cc(OCC(=O)O)c-2cc1OCC(=O)O. The summed E-state index contributed by atoms with van der Waals surface area (Å²) in [5.74, 6) is -21.8. The van der Waals surface area contributed by atoms with Gasteiger partial charge in [0.2, 0.25) is 0 Å². The lowest BCUT2D eigenvalue weighted by molar-refractivity contribution is -0.140. The summed E-state index contributed by atoms with van der Waals surface area (Å²) in [4.78, 5) is 122. The Hall–Kier alpha value is -11.2. The van der Waals surface area contributed by atoms with Gasteiger partial charge in [0, 0.05) is 55.6 Å². The topological polar surface area (TPSA) is 465 Å². The summed E-state index contributed by atoms with van der Waals surface area (Å²) < 4.78 is 57.4. The third-order valence-electron chi connectivity index (χ3n) is 10.4. The molecule has 0 saturated carbocycles. The van der Waals surface area contributed by atoms with E-state index in [2.05, 4.69) is 0 Å². The quantitative estimate of drug-likeness (QED) is 0.0310.